The van der Waals surface area contributed by atoms with E-state index in [1.54, 1.807) is 29.0 Å². The van der Waals surface area contributed by atoms with Gasteiger partial charge in [0.1, 0.15) is 5.69 Å². The maximum Gasteiger partial charge on any atom is 0.337 e. The Morgan fingerprint density at radius 2 is 2.10 bits per heavy atom. The van der Waals surface area contributed by atoms with Gasteiger partial charge in [-0.2, -0.15) is 0 Å². The number of hydrogen-bond donors (Lipinski definition) is 2. The molecule has 0 saturated carbocycles. The number of hydrogen-bond acceptors (Lipinski definition) is 2. The number of aryl methyl sites for hydroxylation is 1. The van der Waals surface area contributed by atoms with Crippen molar-refractivity contribution in [3.8, 4) is 0 Å². The molecule has 1 aromatic heterocycles. The van der Waals surface area contributed by atoms with Gasteiger partial charge < -0.3 is 15.0 Å². The van der Waals surface area contributed by atoms with Gasteiger partial charge in [-0.1, -0.05) is 27.5 Å². The van der Waals surface area contributed by atoms with Crippen LogP contribution in [0.4, 0.5) is 5.69 Å². The van der Waals surface area contributed by atoms with E-state index in [1.165, 1.54) is 6.07 Å². The highest BCUT2D eigenvalue weighted by molar-refractivity contribution is 9.10. The SMILES string of the molecule is CCn1cc(Cl)cc1C(=O)Nc1cc(Br)ccc1C(=O)O. The van der Waals surface area contributed by atoms with Gasteiger partial charge in [-0.3, -0.25) is 4.79 Å². The monoisotopic (exact) mass is 370 g/mol. The van der Waals surface area contributed by atoms with E-state index in [1.807, 2.05) is 6.92 Å². The predicted octanol–water partition coefficient (Wildman–Crippen LogP) is 3.87. The quantitative estimate of drug-likeness (QED) is 0.857. The smallest absolute Gasteiger partial charge is 0.337 e. The Morgan fingerprint density at radius 3 is 2.71 bits per heavy atom. The summed E-state index contributed by atoms with van der Waals surface area (Å²) in [7, 11) is 0. The van der Waals surface area contributed by atoms with E-state index in [0.717, 1.165) is 0 Å². The number of anilines is 1. The first-order valence-electron chi connectivity index (χ1n) is 6.12. The van der Waals surface area contributed by atoms with Crippen molar-refractivity contribution in [3.63, 3.8) is 0 Å². The highest BCUT2D eigenvalue weighted by atomic mass is 79.9. The Bertz CT molecular complexity index is 712. The lowest BCUT2D eigenvalue weighted by molar-refractivity contribution is 0.0698. The zero-order valence-electron chi connectivity index (χ0n) is 11.1. The van der Waals surface area contributed by atoms with E-state index in [0.29, 0.717) is 21.7 Å². The summed E-state index contributed by atoms with van der Waals surface area (Å²) in [4.78, 5) is 23.5. The van der Waals surface area contributed by atoms with E-state index in [4.69, 9.17) is 16.7 Å². The first-order chi connectivity index (χ1) is 9.92. The minimum atomic E-state index is -1.11. The van der Waals surface area contributed by atoms with Gasteiger partial charge >= 0.3 is 5.97 Å². The van der Waals surface area contributed by atoms with Crippen LogP contribution >= 0.6 is 27.5 Å². The number of carboxylic acids is 1. The molecule has 0 fully saturated rings. The molecule has 7 heteroatoms. The van der Waals surface area contributed by atoms with Crippen molar-refractivity contribution in [2.24, 2.45) is 0 Å². The molecule has 0 radical (unpaired) electrons. The number of carboxylic acid groups (broad SMARTS) is 1. The number of rotatable bonds is 4. The summed E-state index contributed by atoms with van der Waals surface area (Å²) < 4.78 is 2.36. The fraction of sp³-hybridized carbons (Fsp3) is 0.143. The molecule has 21 heavy (non-hydrogen) atoms. The van der Waals surface area contributed by atoms with Crippen LogP contribution in [0.3, 0.4) is 0 Å². The molecule has 0 bridgehead atoms. The summed E-state index contributed by atoms with van der Waals surface area (Å²) in [5.74, 6) is -1.52. The van der Waals surface area contributed by atoms with E-state index in [2.05, 4.69) is 21.2 Å². The van der Waals surface area contributed by atoms with Crippen LogP contribution in [0.5, 0.6) is 0 Å². The van der Waals surface area contributed by atoms with Crippen molar-refractivity contribution < 1.29 is 14.7 Å². The molecule has 2 N–H and O–H groups in total. The van der Waals surface area contributed by atoms with Gasteiger partial charge in [0, 0.05) is 17.2 Å². The number of aromatic nitrogens is 1. The minimum absolute atomic E-state index is 0.0206. The van der Waals surface area contributed by atoms with Crippen LogP contribution in [0.25, 0.3) is 0 Å². The molecule has 5 nitrogen and oxygen atoms in total. The number of nitrogens with zero attached hydrogens (tertiary/aromatic N) is 1. The maximum atomic E-state index is 12.3. The number of halogens is 2. The normalized spacial score (nSPS) is 10.4. The molecule has 110 valence electrons. The minimum Gasteiger partial charge on any atom is -0.478 e. The number of carbonyl (C=O) groups is 2. The molecule has 0 atom stereocenters. The van der Waals surface area contributed by atoms with Gasteiger partial charge in [0.05, 0.1) is 16.3 Å². The fourth-order valence-electron chi connectivity index (χ4n) is 1.92. The third-order valence-electron chi connectivity index (χ3n) is 2.90. The van der Waals surface area contributed by atoms with E-state index in [-0.39, 0.29) is 11.3 Å². The molecule has 0 spiro atoms. The van der Waals surface area contributed by atoms with Crippen LogP contribution in [0.15, 0.2) is 34.9 Å². The highest BCUT2D eigenvalue weighted by Gasteiger charge is 2.17. The summed E-state index contributed by atoms with van der Waals surface area (Å²) in [5.41, 5.74) is 0.618. The lowest BCUT2D eigenvalue weighted by Crippen LogP contribution is -2.18. The molecule has 2 aromatic rings. The second-order valence-electron chi connectivity index (χ2n) is 4.28. The van der Waals surface area contributed by atoms with Crippen molar-refractivity contribution in [3.05, 3.63) is 51.2 Å². The molecule has 0 aliphatic heterocycles. The van der Waals surface area contributed by atoms with Gasteiger partial charge in [0.2, 0.25) is 0 Å². The third kappa shape index (κ3) is 3.46. The van der Waals surface area contributed by atoms with Crippen molar-refractivity contribution >= 4 is 45.1 Å². The highest BCUT2D eigenvalue weighted by Crippen LogP contribution is 2.23. The predicted molar refractivity (Wildman–Crippen MR) is 84.2 cm³/mol. The topological polar surface area (TPSA) is 71.3 Å². The second-order valence-corrected chi connectivity index (χ2v) is 5.63. The largest absolute Gasteiger partial charge is 0.478 e. The van der Waals surface area contributed by atoms with Crippen molar-refractivity contribution in [2.45, 2.75) is 13.5 Å². The van der Waals surface area contributed by atoms with Gasteiger partial charge in [-0.25, -0.2) is 4.79 Å². The molecule has 1 aromatic carbocycles. The van der Waals surface area contributed by atoms with Crippen LogP contribution in [-0.2, 0) is 6.54 Å². The lowest BCUT2D eigenvalue weighted by Gasteiger charge is -2.10. The number of amides is 1. The van der Waals surface area contributed by atoms with Crippen LogP contribution < -0.4 is 5.32 Å². The van der Waals surface area contributed by atoms with E-state index in [9.17, 15) is 9.59 Å². The third-order valence-corrected chi connectivity index (χ3v) is 3.60. The number of carbonyl (C=O) groups excluding carboxylic acids is 1. The Balaban J connectivity index is 2.35. The number of aromatic carboxylic acids is 1. The van der Waals surface area contributed by atoms with E-state index < -0.39 is 11.9 Å². The average molecular weight is 372 g/mol. The number of nitrogens with one attached hydrogen (secondary N) is 1. The summed E-state index contributed by atoms with van der Waals surface area (Å²) in [6.45, 7) is 2.47. The van der Waals surface area contributed by atoms with Crippen LogP contribution in [0.2, 0.25) is 5.02 Å². The zero-order chi connectivity index (χ0) is 15.6. The first kappa shape index (κ1) is 15.6. The summed E-state index contributed by atoms with van der Waals surface area (Å²) in [6, 6.07) is 6.11. The molecule has 1 amide bonds. The molecule has 0 saturated heterocycles. The Morgan fingerprint density at radius 1 is 1.38 bits per heavy atom. The van der Waals surface area contributed by atoms with Gasteiger partial charge in [-0.15, -0.1) is 0 Å². The van der Waals surface area contributed by atoms with Crippen molar-refractivity contribution in [1.29, 1.82) is 0 Å². The molecular weight excluding hydrogens is 360 g/mol. The van der Waals surface area contributed by atoms with Crippen LogP contribution in [-0.4, -0.2) is 21.6 Å². The summed E-state index contributed by atoms with van der Waals surface area (Å²) in [6.07, 6.45) is 1.65. The Hall–Kier alpha value is -1.79. The van der Waals surface area contributed by atoms with Crippen molar-refractivity contribution in [2.75, 3.05) is 5.32 Å². The summed E-state index contributed by atoms with van der Waals surface area (Å²) >= 11 is 9.15. The second kappa shape index (κ2) is 6.32. The molecule has 0 aliphatic carbocycles. The fourth-order valence-corrected chi connectivity index (χ4v) is 2.50. The summed E-state index contributed by atoms with van der Waals surface area (Å²) in [5, 5.41) is 12.2. The van der Waals surface area contributed by atoms with Gasteiger partial charge in [-0.05, 0) is 31.2 Å². The Labute approximate surface area is 134 Å². The number of benzene rings is 1. The molecule has 0 unspecified atom stereocenters. The standard InChI is InChI=1S/C14H12BrClN2O3/c1-2-18-7-9(16)6-12(18)13(19)17-11-5-8(15)3-4-10(11)14(20)21/h3-7H,2H2,1H3,(H,17,19)(H,20,21). The van der Waals surface area contributed by atoms with Crippen LogP contribution in [0, 0.1) is 0 Å². The van der Waals surface area contributed by atoms with Gasteiger partial charge in [0.25, 0.3) is 5.91 Å². The molecule has 0 aliphatic rings. The molecule has 2 rings (SSSR count). The first-order valence-corrected chi connectivity index (χ1v) is 7.29. The zero-order valence-corrected chi connectivity index (χ0v) is 13.4. The average Bonchev–Trinajstić information content (AvgIpc) is 2.79. The van der Waals surface area contributed by atoms with Crippen LogP contribution in [0.1, 0.15) is 27.8 Å². The van der Waals surface area contributed by atoms with Gasteiger partial charge in [0.15, 0.2) is 0 Å². The lowest BCUT2D eigenvalue weighted by atomic mass is 10.1. The van der Waals surface area contributed by atoms with Crippen molar-refractivity contribution in [1.82, 2.24) is 4.57 Å². The molecular formula is C14H12BrClN2O3. The molecule has 1 heterocycles. The van der Waals surface area contributed by atoms with E-state index >= 15 is 0 Å². The maximum absolute atomic E-state index is 12.3. The Kier molecular flexibility index (Phi) is 4.69.